The van der Waals surface area contributed by atoms with Crippen molar-refractivity contribution in [3.8, 4) is 6.07 Å². The second-order valence-corrected chi connectivity index (χ2v) is 6.35. The molecule has 136 valence electrons. The van der Waals surface area contributed by atoms with E-state index in [2.05, 4.69) is 36.1 Å². The van der Waals surface area contributed by atoms with Gasteiger partial charge < -0.3 is 10.1 Å². The first kappa shape index (κ1) is 19.5. The van der Waals surface area contributed by atoms with Crippen LogP contribution in [0.4, 0.5) is 11.4 Å². The van der Waals surface area contributed by atoms with E-state index in [1.54, 1.807) is 13.3 Å². The first-order chi connectivity index (χ1) is 12.5. The molecule has 0 bridgehead atoms. The minimum atomic E-state index is 0.514. The highest BCUT2D eigenvalue weighted by Crippen LogP contribution is 2.34. The van der Waals surface area contributed by atoms with E-state index < -0.39 is 0 Å². The standard InChI is InChI=1S/C21H26N4O/c1-6-16-10-21(25-18-7-8-18)20(11-17(16)12-22)24-15(3)14(2)9-19(26-5)13-23-4/h9-11,13,18,25H,4,6-8H2,1-3,5H3/b14-9+,19-13+,24-15?. The molecule has 1 fully saturated rings. The zero-order valence-corrected chi connectivity index (χ0v) is 16.0. The quantitative estimate of drug-likeness (QED) is 0.411. The third-order valence-corrected chi connectivity index (χ3v) is 4.33. The maximum Gasteiger partial charge on any atom is 0.137 e. The predicted octanol–water partition coefficient (Wildman–Crippen LogP) is 4.92. The first-order valence-corrected chi connectivity index (χ1v) is 8.79. The number of ether oxygens (including phenoxy) is 1. The Labute approximate surface area is 155 Å². The Morgan fingerprint density at radius 2 is 2.15 bits per heavy atom. The topological polar surface area (TPSA) is 69.8 Å². The van der Waals surface area contributed by atoms with E-state index in [1.165, 1.54) is 12.8 Å². The van der Waals surface area contributed by atoms with Crippen LogP contribution < -0.4 is 5.32 Å². The molecule has 5 nitrogen and oxygen atoms in total. The summed E-state index contributed by atoms with van der Waals surface area (Å²) < 4.78 is 5.25. The Balaban J connectivity index is 2.43. The molecule has 0 aliphatic heterocycles. The van der Waals surface area contributed by atoms with Crippen molar-refractivity contribution in [2.75, 3.05) is 12.4 Å². The number of benzene rings is 1. The largest absolute Gasteiger partial charge is 0.495 e. The number of hydrogen-bond acceptors (Lipinski definition) is 5. The molecule has 1 aromatic rings. The van der Waals surface area contributed by atoms with Gasteiger partial charge in [0, 0.05) is 11.8 Å². The first-order valence-electron chi connectivity index (χ1n) is 8.79. The molecule has 0 heterocycles. The highest BCUT2D eigenvalue weighted by molar-refractivity contribution is 6.00. The Morgan fingerprint density at radius 3 is 2.69 bits per heavy atom. The van der Waals surface area contributed by atoms with Gasteiger partial charge in [0.15, 0.2) is 0 Å². The number of nitrogens with one attached hydrogen (secondary N) is 1. The molecule has 0 radical (unpaired) electrons. The van der Waals surface area contributed by atoms with Gasteiger partial charge in [-0.3, -0.25) is 9.98 Å². The van der Waals surface area contributed by atoms with Crippen LogP contribution in [-0.2, 0) is 11.2 Å². The molecule has 1 aliphatic rings. The molecule has 1 aromatic carbocycles. The average molecular weight is 350 g/mol. The summed E-state index contributed by atoms with van der Waals surface area (Å²) in [6.45, 7) is 9.42. The summed E-state index contributed by atoms with van der Waals surface area (Å²) in [5.41, 5.74) is 5.31. The third kappa shape index (κ3) is 5.06. The lowest BCUT2D eigenvalue weighted by atomic mass is 10.0. The molecule has 26 heavy (non-hydrogen) atoms. The molecule has 0 unspecified atom stereocenters. The number of hydrogen-bond donors (Lipinski definition) is 1. The van der Waals surface area contributed by atoms with E-state index in [-0.39, 0.29) is 0 Å². The second-order valence-electron chi connectivity index (χ2n) is 6.35. The van der Waals surface area contributed by atoms with Crippen molar-refractivity contribution in [1.82, 2.24) is 0 Å². The fraction of sp³-hybridized carbons (Fsp3) is 0.381. The number of aliphatic imine (C=N–C) groups is 2. The van der Waals surface area contributed by atoms with E-state index in [9.17, 15) is 5.26 Å². The van der Waals surface area contributed by atoms with Crippen LogP contribution in [0, 0.1) is 11.3 Å². The van der Waals surface area contributed by atoms with Crippen LogP contribution in [0.1, 0.15) is 44.7 Å². The molecular weight excluding hydrogens is 324 g/mol. The molecule has 0 saturated heterocycles. The second kappa shape index (κ2) is 9.00. The molecule has 0 atom stereocenters. The van der Waals surface area contributed by atoms with Gasteiger partial charge >= 0.3 is 0 Å². The fourth-order valence-electron chi connectivity index (χ4n) is 2.51. The van der Waals surface area contributed by atoms with Crippen LogP contribution in [0.3, 0.4) is 0 Å². The lowest BCUT2D eigenvalue weighted by molar-refractivity contribution is 0.305. The number of anilines is 1. The maximum atomic E-state index is 9.44. The van der Waals surface area contributed by atoms with Crippen molar-refractivity contribution < 1.29 is 4.74 Å². The predicted molar refractivity (Wildman–Crippen MR) is 108 cm³/mol. The summed E-state index contributed by atoms with van der Waals surface area (Å²) in [6, 6.07) is 6.73. The third-order valence-electron chi connectivity index (χ3n) is 4.33. The maximum absolute atomic E-state index is 9.44. The van der Waals surface area contributed by atoms with Crippen LogP contribution in [0.25, 0.3) is 0 Å². The van der Waals surface area contributed by atoms with Crippen LogP contribution in [-0.4, -0.2) is 25.6 Å². The summed E-state index contributed by atoms with van der Waals surface area (Å²) >= 11 is 0. The number of allylic oxidation sites excluding steroid dienone is 2. The molecule has 0 aromatic heterocycles. The van der Waals surface area contributed by atoms with E-state index in [1.807, 2.05) is 26.0 Å². The Hall–Kier alpha value is -2.87. The van der Waals surface area contributed by atoms with Crippen molar-refractivity contribution in [1.29, 1.82) is 5.26 Å². The smallest absolute Gasteiger partial charge is 0.137 e. The van der Waals surface area contributed by atoms with E-state index in [0.717, 1.165) is 34.6 Å². The minimum absolute atomic E-state index is 0.514. The van der Waals surface area contributed by atoms with Crippen molar-refractivity contribution >= 4 is 23.8 Å². The molecule has 1 saturated carbocycles. The van der Waals surface area contributed by atoms with E-state index >= 15 is 0 Å². The normalized spacial score (nSPS) is 15.4. The molecule has 1 N–H and O–H groups in total. The zero-order chi connectivity index (χ0) is 19.1. The van der Waals surface area contributed by atoms with Crippen molar-refractivity contribution in [3.05, 3.63) is 46.9 Å². The molecule has 5 heteroatoms. The van der Waals surface area contributed by atoms with Gasteiger partial charge in [0.2, 0.25) is 0 Å². The van der Waals surface area contributed by atoms with Gasteiger partial charge in [-0.05, 0) is 69.2 Å². The highest BCUT2D eigenvalue weighted by atomic mass is 16.5. The summed E-state index contributed by atoms with van der Waals surface area (Å²) in [6.07, 6.45) is 6.60. The van der Waals surface area contributed by atoms with Crippen LogP contribution in [0.15, 0.2) is 45.7 Å². The lowest BCUT2D eigenvalue weighted by Crippen LogP contribution is -2.03. The SMILES string of the molecule is C=N/C=C(\C=C(/C)C(C)=Nc1cc(C#N)c(CC)cc1NC1CC1)OC. The van der Waals surface area contributed by atoms with Crippen LogP contribution in [0.5, 0.6) is 0 Å². The monoisotopic (exact) mass is 350 g/mol. The number of methoxy groups -OCH3 is 1. The van der Waals surface area contributed by atoms with Gasteiger partial charge in [0.05, 0.1) is 36.3 Å². The van der Waals surface area contributed by atoms with Gasteiger partial charge in [0.25, 0.3) is 0 Å². The van der Waals surface area contributed by atoms with Gasteiger partial charge in [0.1, 0.15) is 5.76 Å². The van der Waals surface area contributed by atoms with Gasteiger partial charge in [-0.2, -0.15) is 5.26 Å². The number of rotatable bonds is 8. The summed E-state index contributed by atoms with van der Waals surface area (Å²) in [5.74, 6) is 0.613. The summed E-state index contributed by atoms with van der Waals surface area (Å²) in [5, 5.41) is 13.0. The van der Waals surface area contributed by atoms with Crippen LogP contribution >= 0.6 is 0 Å². The Kier molecular flexibility index (Phi) is 6.74. The number of aryl methyl sites for hydroxylation is 1. The van der Waals surface area contributed by atoms with E-state index in [0.29, 0.717) is 17.4 Å². The zero-order valence-electron chi connectivity index (χ0n) is 16.0. The van der Waals surface area contributed by atoms with Crippen molar-refractivity contribution in [2.45, 2.75) is 46.1 Å². The summed E-state index contributed by atoms with van der Waals surface area (Å²) in [7, 11) is 1.59. The molecule has 2 rings (SSSR count). The van der Waals surface area contributed by atoms with Crippen molar-refractivity contribution in [3.63, 3.8) is 0 Å². The fourth-order valence-corrected chi connectivity index (χ4v) is 2.51. The van der Waals surface area contributed by atoms with Gasteiger partial charge in [-0.1, -0.05) is 6.92 Å². The molecular formula is C21H26N4O. The van der Waals surface area contributed by atoms with Gasteiger partial charge in [-0.15, -0.1) is 0 Å². The number of nitrogens with zero attached hydrogens (tertiary/aromatic N) is 3. The Bertz CT molecular complexity index is 808. The Morgan fingerprint density at radius 1 is 1.42 bits per heavy atom. The molecule has 1 aliphatic carbocycles. The summed E-state index contributed by atoms with van der Waals surface area (Å²) in [4.78, 5) is 8.51. The molecule has 0 amide bonds. The minimum Gasteiger partial charge on any atom is -0.495 e. The molecule has 0 spiro atoms. The number of nitriles is 1. The average Bonchev–Trinajstić information content (AvgIpc) is 3.45. The van der Waals surface area contributed by atoms with Crippen LogP contribution in [0.2, 0.25) is 0 Å². The van der Waals surface area contributed by atoms with Gasteiger partial charge in [-0.25, -0.2) is 0 Å². The lowest BCUT2D eigenvalue weighted by Gasteiger charge is -2.13. The highest BCUT2D eigenvalue weighted by Gasteiger charge is 2.22. The van der Waals surface area contributed by atoms with E-state index in [4.69, 9.17) is 9.73 Å². The van der Waals surface area contributed by atoms with Crippen molar-refractivity contribution in [2.24, 2.45) is 9.98 Å².